The highest BCUT2D eigenvalue weighted by molar-refractivity contribution is 5.96. The van der Waals surface area contributed by atoms with Gasteiger partial charge in [0, 0.05) is 17.3 Å². The molecule has 0 radical (unpaired) electrons. The minimum Gasteiger partial charge on any atom is -0.507 e. The van der Waals surface area contributed by atoms with Gasteiger partial charge in [0.15, 0.2) is 0 Å². The summed E-state index contributed by atoms with van der Waals surface area (Å²) < 4.78 is 2.20. The van der Waals surface area contributed by atoms with Gasteiger partial charge in [-0.05, 0) is 84.8 Å². The molecule has 2 aromatic heterocycles. The zero-order valence-corrected chi connectivity index (χ0v) is 24.5. The van der Waals surface area contributed by atoms with E-state index in [2.05, 4.69) is 113 Å². The van der Waals surface area contributed by atoms with E-state index in [0.29, 0.717) is 5.56 Å². The number of rotatable bonds is 4. The van der Waals surface area contributed by atoms with Crippen LogP contribution in [0.1, 0.15) is 43.0 Å². The topological polar surface area (TPSA) is 50.9 Å². The summed E-state index contributed by atoms with van der Waals surface area (Å²) >= 11 is 0. The van der Waals surface area contributed by atoms with E-state index in [1.165, 1.54) is 11.1 Å². The van der Waals surface area contributed by atoms with E-state index in [1.807, 2.05) is 24.4 Å². The molecule has 0 amide bonds. The Balaban J connectivity index is 1.60. The number of hydrogen-bond donors (Lipinski definition) is 1. The maximum Gasteiger partial charge on any atom is 0.149 e. The molecular formula is C37H35N3O. The van der Waals surface area contributed by atoms with Crippen LogP contribution in [0.5, 0.6) is 5.75 Å². The molecule has 204 valence electrons. The maximum absolute atomic E-state index is 10.9. The van der Waals surface area contributed by atoms with Crippen molar-refractivity contribution in [2.75, 3.05) is 0 Å². The standard InChI is InChI=1S/C37H35N3O/c1-23-19-24(2)35(25(3)20-23)40-32-15-10-14-29(34(32)39-36(40)30-13-7-8-16-33(30)41)26-11-9-12-27(21-26)31-22-28(17-18-38-31)37(4,5)6/h7-22,41H,1-6H3. The van der Waals surface area contributed by atoms with Gasteiger partial charge in [-0.25, -0.2) is 4.98 Å². The van der Waals surface area contributed by atoms with Crippen LogP contribution in [0.4, 0.5) is 0 Å². The Labute approximate surface area is 242 Å². The third kappa shape index (κ3) is 4.80. The molecule has 0 spiro atoms. The van der Waals surface area contributed by atoms with Crippen LogP contribution in [0.15, 0.2) is 97.2 Å². The number of aromatic hydroxyl groups is 1. The molecule has 4 heteroatoms. The summed E-state index contributed by atoms with van der Waals surface area (Å²) in [5, 5.41) is 10.9. The van der Waals surface area contributed by atoms with Crippen LogP contribution in [0, 0.1) is 20.8 Å². The fraction of sp³-hybridized carbons (Fsp3) is 0.189. The number of aryl methyl sites for hydroxylation is 3. The third-order valence-electron chi connectivity index (χ3n) is 7.78. The average molecular weight is 538 g/mol. The van der Waals surface area contributed by atoms with E-state index < -0.39 is 0 Å². The summed E-state index contributed by atoms with van der Waals surface area (Å²) in [5.74, 6) is 0.927. The molecule has 0 aliphatic rings. The molecule has 0 atom stereocenters. The Morgan fingerprint density at radius 3 is 2.12 bits per heavy atom. The number of phenols is 1. The maximum atomic E-state index is 10.9. The Morgan fingerprint density at radius 2 is 1.39 bits per heavy atom. The van der Waals surface area contributed by atoms with Crippen molar-refractivity contribution in [1.29, 1.82) is 0 Å². The second-order valence-electron chi connectivity index (χ2n) is 12.0. The predicted octanol–water partition coefficient (Wildman–Crippen LogP) is 9.35. The first-order valence-electron chi connectivity index (χ1n) is 14.1. The van der Waals surface area contributed by atoms with Gasteiger partial charge in [0.2, 0.25) is 0 Å². The van der Waals surface area contributed by atoms with E-state index >= 15 is 0 Å². The molecule has 0 aliphatic carbocycles. The molecular weight excluding hydrogens is 502 g/mol. The van der Waals surface area contributed by atoms with Crippen LogP contribution >= 0.6 is 0 Å². The number of hydrogen-bond acceptors (Lipinski definition) is 3. The first-order chi connectivity index (χ1) is 19.6. The quantitative estimate of drug-likeness (QED) is 0.244. The summed E-state index contributed by atoms with van der Waals surface area (Å²) in [5.41, 5.74) is 12.6. The first-order valence-corrected chi connectivity index (χ1v) is 14.1. The number of benzene rings is 4. The van der Waals surface area contributed by atoms with E-state index in [9.17, 15) is 5.11 Å². The van der Waals surface area contributed by atoms with Crippen molar-refractivity contribution in [3.8, 4) is 45.2 Å². The smallest absolute Gasteiger partial charge is 0.149 e. The fourth-order valence-electron chi connectivity index (χ4n) is 5.83. The van der Waals surface area contributed by atoms with Crippen molar-refractivity contribution >= 4 is 11.0 Å². The minimum atomic E-state index is 0.0410. The normalized spacial score (nSPS) is 11.8. The van der Waals surface area contributed by atoms with Crippen LogP contribution in [0.3, 0.4) is 0 Å². The summed E-state index contributed by atoms with van der Waals surface area (Å²) in [6.07, 6.45) is 1.90. The number of phenolic OH excluding ortho intramolecular Hbond substituents is 1. The lowest BCUT2D eigenvalue weighted by Gasteiger charge is -2.19. The Bertz CT molecular complexity index is 1900. The van der Waals surface area contributed by atoms with Gasteiger partial charge in [-0.15, -0.1) is 0 Å². The Hall–Kier alpha value is -4.70. The summed E-state index contributed by atoms with van der Waals surface area (Å²) in [6.45, 7) is 13.1. The van der Waals surface area contributed by atoms with Crippen LogP contribution in [-0.2, 0) is 5.41 Å². The number of nitrogens with zero attached hydrogens (tertiary/aromatic N) is 3. The van der Waals surface area contributed by atoms with Crippen molar-refractivity contribution in [3.05, 3.63) is 119 Å². The van der Waals surface area contributed by atoms with Gasteiger partial charge in [-0.3, -0.25) is 9.55 Å². The highest BCUT2D eigenvalue weighted by Crippen LogP contribution is 2.39. The second-order valence-corrected chi connectivity index (χ2v) is 12.0. The van der Waals surface area contributed by atoms with Crippen molar-refractivity contribution in [2.45, 2.75) is 47.0 Å². The van der Waals surface area contributed by atoms with Gasteiger partial charge < -0.3 is 5.11 Å². The van der Waals surface area contributed by atoms with Gasteiger partial charge in [0.05, 0.1) is 28.0 Å². The largest absolute Gasteiger partial charge is 0.507 e. The highest BCUT2D eigenvalue weighted by atomic mass is 16.3. The summed E-state index contributed by atoms with van der Waals surface area (Å²) in [6, 6.07) is 31.0. The average Bonchev–Trinajstić information content (AvgIpc) is 3.31. The first kappa shape index (κ1) is 26.5. The lowest BCUT2D eigenvalue weighted by Crippen LogP contribution is -2.11. The Kier molecular flexibility index (Phi) is 6.50. The fourth-order valence-corrected chi connectivity index (χ4v) is 5.83. The lowest BCUT2D eigenvalue weighted by molar-refractivity contribution is 0.477. The second kappa shape index (κ2) is 10.0. The molecule has 0 saturated heterocycles. The molecule has 1 N–H and O–H groups in total. The zero-order valence-electron chi connectivity index (χ0n) is 24.5. The van der Waals surface area contributed by atoms with Crippen molar-refractivity contribution < 1.29 is 5.11 Å². The van der Waals surface area contributed by atoms with Gasteiger partial charge in [0.1, 0.15) is 11.6 Å². The molecule has 0 unspecified atom stereocenters. The third-order valence-corrected chi connectivity index (χ3v) is 7.78. The number of pyridine rings is 1. The van der Waals surface area contributed by atoms with Crippen molar-refractivity contribution in [1.82, 2.24) is 14.5 Å². The number of aromatic nitrogens is 3. The number of fused-ring (bicyclic) bond motifs is 1. The van der Waals surface area contributed by atoms with Gasteiger partial charge in [-0.1, -0.05) is 80.9 Å². The molecule has 41 heavy (non-hydrogen) atoms. The van der Waals surface area contributed by atoms with E-state index in [4.69, 9.17) is 9.97 Å². The molecule has 0 fully saturated rings. The van der Waals surface area contributed by atoms with Crippen molar-refractivity contribution in [2.24, 2.45) is 0 Å². The summed E-state index contributed by atoms with van der Waals surface area (Å²) in [4.78, 5) is 9.94. The van der Waals surface area contributed by atoms with Gasteiger partial charge in [0.25, 0.3) is 0 Å². The zero-order chi connectivity index (χ0) is 28.9. The molecule has 4 nitrogen and oxygen atoms in total. The molecule has 4 aromatic carbocycles. The van der Waals surface area contributed by atoms with Crippen molar-refractivity contribution in [3.63, 3.8) is 0 Å². The minimum absolute atomic E-state index is 0.0410. The lowest BCUT2D eigenvalue weighted by atomic mass is 9.87. The molecule has 6 rings (SSSR count). The molecule has 6 aromatic rings. The van der Waals surface area contributed by atoms with Crippen LogP contribution in [0.25, 0.3) is 50.5 Å². The van der Waals surface area contributed by atoms with Gasteiger partial charge >= 0.3 is 0 Å². The predicted molar refractivity (Wildman–Crippen MR) is 170 cm³/mol. The van der Waals surface area contributed by atoms with Crippen LogP contribution < -0.4 is 0 Å². The van der Waals surface area contributed by atoms with E-state index in [0.717, 1.165) is 56.1 Å². The number of imidazole rings is 1. The van der Waals surface area contributed by atoms with Gasteiger partial charge in [-0.2, -0.15) is 0 Å². The molecule has 0 bridgehead atoms. The van der Waals surface area contributed by atoms with Crippen LogP contribution in [0.2, 0.25) is 0 Å². The molecule has 0 saturated carbocycles. The molecule has 0 aliphatic heterocycles. The van der Waals surface area contributed by atoms with Crippen LogP contribution in [-0.4, -0.2) is 19.6 Å². The van der Waals surface area contributed by atoms with E-state index in [1.54, 1.807) is 6.07 Å². The highest BCUT2D eigenvalue weighted by Gasteiger charge is 2.22. The SMILES string of the molecule is Cc1cc(C)c(-n2c(-c3ccccc3O)nc3c(-c4cccc(-c5cc(C(C)(C)C)ccn5)c4)cccc32)c(C)c1. The monoisotopic (exact) mass is 537 g/mol. The summed E-state index contributed by atoms with van der Waals surface area (Å²) in [7, 11) is 0. The number of para-hydroxylation sites is 2. The van der Waals surface area contributed by atoms with E-state index in [-0.39, 0.29) is 11.2 Å². The molecule has 2 heterocycles. The Morgan fingerprint density at radius 1 is 0.707 bits per heavy atom.